The fourth-order valence-electron chi connectivity index (χ4n) is 4.55. The van der Waals surface area contributed by atoms with E-state index < -0.39 is 18.0 Å². The lowest BCUT2D eigenvalue weighted by atomic mass is 9.95. The largest absolute Gasteiger partial charge is 0.453 e. The van der Waals surface area contributed by atoms with E-state index in [1.54, 1.807) is 36.4 Å². The quantitative estimate of drug-likeness (QED) is 0.267. The van der Waals surface area contributed by atoms with Gasteiger partial charge >= 0.3 is 6.09 Å². The maximum atomic E-state index is 13.6. The van der Waals surface area contributed by atoms with Crippen LogP contribution in [0.3, 0.4) is 0 Å². The van der Waals surface area contributed by atoms with Gasteiger partial charge in [-0.25, -0.2) is 4.79 Å². The Morgan fingerprint density at radius 1 is 1.10 bits per heavy atom. The Balaban J connectivity index is 1.34. The van der Waals surface area contributed by atoms with Crippen LogP contribution in [0.2, 0.25) is 5.02 Å². The molecule has 212 valence electrons. The molecule has 0 radical (unpaired) electrons. The summed E-state index contributed by atoms with van der Waals surface area (Å²) in [6.45, 7) is 0.429. The van der Waals surface area contributed by atoms with Crippen molar-refractivity contribution in [2.75, 3.05) is 12.4 Å². The predicted octanol–water partition coefficient (Wildman–Crippen LogP) is 4.20. The molecule has 2 N–H and O–H groups in total. The van der Waals surface area contributed by atoms with Crippen LogP contribution in [0.5, 0.6) is 0 Å². The van der Waals surface area contributed by atoms with E-state index in [-0.39, 0.29) is 12.2 Å². The number of ether oxygens (including phenoxy) is 1. The lowest BCUT2D eigenvalue weighted by molar-refractivity contribution is -0.124. The number of anilines is 1. The molecule has 0 bridgehead atoms. The number of tetrazole rings is 1. The van der Waals surface area contributed by atoms with Gasteiger partial charge in [0.25, 0.3) is 0 Å². The Bertz CT molecular complexity index is 1670. The summed E-state index contributed by atoms with van der Waals surface area (Å²) >= 11 is 6.19. The lowest BCUT2D eigenvalue weighted by Crippen LogP contribution is -2.42. The molecule has 0 aliphatic carbocycles. The smallest absolute Gasteiger partial charge is 0.411 e. The number of carbonyl (C=O) groups is 3. The van der Waals surface area contributed by atoms with Gasteiger partial charge in [0.1, 0.15) is 6.33 Å². The third kappa shape index (κ3) is 6.94. The van der Waals surface area contributed by atoms with Crippen molar-refractivity contribution in [2.24, 2.45) is 4.99 Å². The monoisotopic (exact) mass is 583 g/mol. The summed E-state index contributed by atoms with van der Waals surface area (Å²) in [6, 6.07) is 19.1. The van der Waals surface area contributed by atoms with Gasteiger partial charge in [-0.15, -0.1) is 5.10 Å². The van der Waals surface area contributed by atoms with E-state index >= 15 is 0 Å². The van der Waals surface area contributed by atoms with E-state index in [0.29, 0.717) is 40.6 Å². The van der Waals surface area contributed by atoms with Crippen LogP contribution in [0.4, 0.5) is 10.5 Å². The molecule has 0 unspecified atom stereocenters. The molecule has 0 spiro atoms. The predicted molar refractivity (Wildman–Crippen MR) is 158 cm³/mol. The summed E-state index contributed by atoms with van der Waals surface area (Å²) in [7, 11) is 1.28. The zero-order chi connectivity index (χ0) is 29.5. The number of nitrogens with zero attached hydrogens (tertiary/aromatic N) is 5. The number of halogens is 1. The molecular formula is C30H26ClN7O4. The van der Waals surface area contributed by atoms with Crippen molar-refractivity contribution in [2.45, 2.75) is 25.4 Å². The minimum atomic E-state index is -0.814. The number of carbonyl (C=O) groups excluding carboxylic acids is 3. The van der Waals surface area contributed by atoms with Crippen LogP contribution in [-0.4, -0.2) is 56.9 Å². The number of amides is 2. The Hall–Kier alpha value is -5.16. The molecule has 1 atom stereocenters. The molecule has 0 saturated heterocycles. The van der Waals surface area contributed by atoms with Crippen LogP contribution in [-0.2, 0) is 27.3 Å². The number of ketones is 1. The van der Waals surface area contributed by atoms with E-state index in [0.717, 1.165) is 16.7 Å². The van der Waals surface area contributed by atoms with E-state index in [2.05, 4.69) is 35.9 Å². The number of nitrogens with one attached hydrogen (secondary N) is 2. The summed E-state index contributed by atoms with van der Waals surface area (Å²) in [5, 5.41) is 17.2. The molecule has 11 nitrogen and oxygen atoms in total. The third-order valence-corrected chi connectivity index (χ3v) is 6.86. The minimum Gasteiger partial charge on any atom is -0.453 e. The highest BCUT2D eigenvalue weighted by Crippen LogP contribution is 2.25. The van der Waals surface area contributed by atoms with Gasteiger partial charge in [-0.2, -0.15) is 4.68 Å². The summed E-state index contributed by atoms with van der Waals surface area (Å²) < 4.78 is 6.13. The van der Waals surface area contributed by atoms with E-state index in [1.165, 1.54) is 24.2 Å². The van der Waals surface area contributed by atoms with Gasteiger partial charge in [0.2, 0.25) is 5.91 Å². The number of fused-ring (bicyclic) bond motifs is 1. The molecule has 1 aliphatic rings. The first-order valence-corrected chi connectivity index (χ1v) is 13.4. The first kappa shape index (κ1) is 28.4. The number of Topliss-reactive ketones (excluding diaryl/α,β-unsaturated/α-hetero) is 1. The van der Waals surface area contributed by atoms with Gasteiger partial charge in [-0.05, 0) is 64.4 Å². The van der Waals surface area contributed by atoms with Crippen LogP contribution in [0.25, 0.3) is 11.8 Å². The van der Waals surface area contributed by atoms with E-state index in [4.69, 9.17) is 11.6 Å². The summed E-state index contributed by atoms with van der Waals surface area (Å²) in [4.78, 5) is 43.0. The Morgan fingerprint density at radius 3 is 2.69 bits per heavy atom. The summed E-state index contributed by atoms with van der Waals surface area (Å²) in [5.74, 6) is -0.652. The average molecular weight is 584 g/mol. The minimum absolute atomic E-state index is 0.00785. The molecule has 4 aromatic rings. The van der Waals surface area contributed by atoms with Gasteiger partial charge in [-0.3, -0.25) is 19.9 Å². The van der Waals surface area contributed by atoms with Crippen molar-refractivity contribution in [1.82, 2.24) is 25.5 Å². The van der Waals surface area contributed by atoms with Gasteiger partial charge in [0, 0.05) is 27.9 Å². The standard InChI is InChI=1S/C30H26ClN7O4/c1-42-30(41)34-23-10-7-21-17-32-25(24(21)15-23)16-28(39)26(13-19-5-3-2-4-6-19)35-29(40)12-8-20-14-22(31)9-11-27(20)38-18-33-36-37-38/h2-12,14-15,18,26H,13,16-17H2,1H3,(H,34,41)(H,35,40)/b12-8+/t26-/m0/s1. The Morgan fingerprint density at radius 2 is 1.93 bits per heavy atom. The van der Waals surface area contributed by atoms with Gasteiger partial charge in [0.15, 0.2) is 5.78 Å². The fourth-order valence-corrected chi connectivity index (χ4v) is 4.73. The van der Waals surface area contributed by atoms with Crippen molar-refractivity contribution in [1.29, 1.82) is 0 Å². The highest BCUT2D eigenvalue weighted by molar-refractivity contribution is 6.30. The number of benzene rings is 3. The van der Waals surface area contributed by atoms with Gasteiger partial charge in [0.05, 0.1) is 37.5 Å². The second-order valence-electron chi connectivity index (χ2n) is 9.44. The molecule has 1 aromatic heterocycles. The maximum absolute atomic E-state index is 13.6. The van der Waals surface area contributed by atoms with Crippen molar-refractivity contribution < 1.29 is 19.1 Å². The molecule has 2 heterocycles. The Kier molecular flexibility index (Phi) is 8.78. The number of hydrogen-bond donors (Lipinski definition) is 2. The topological polar surface area (TPSA) is 140 Å². The zero-order valence-electron chi connectivity index (χ0n) is 22.5. The second-order valence-corrected chi connectivity index (χ2v) is 9.87. The second kappa shape index (κ2) is 13.0. The maximum Gasteiger partial charge on any atom is 0.411 e. The number of rotatable bonds is 10. The number of aliphatic imine (C=N–C) groups is 1. The molecule has 3 aromatic carbocycles. The molecule has 5 rings (SSSR count). The van der Waals surface area contributed by atoms with Crippen LogP contribution < -0.4 is 10.6 Å². The van der Waals surface area contributed by atoms with Crippen LogP contribution in [0, 0.1) is 0 Å². The number of methoxy groups -OCH3 is 1. The summed E-state index contributed by atoms with van der Waals surface area (Å²) in [5.41, 5.74) is 4.99. The molecular weight excluding hydrogens is 558 g/mol. The zero-order valence-corrected chi connectivity index (χ0v) is 23.3. The molecule has 0 fully saturated rings. The highest BCUT2D eigenvalue weighted by atomic mass is 35.5. The lowest BCUT2D eigenvalue weighted by Gasteiger charge is -2.18. The SMILES string of the molecule is COC(=O)Nc1ccc2c(c1)C(CC(=O)[C@H](Cc1ccccc1)NC(=O)/C=C/c1cc(Cl)ccc1-n1cnnn1)=NC2. The average Bonchev–Trinajstić information content (AvgIpc) is 3.67. The molecule has 42 heavy (non-hydrogen) atoms. The van der Waals surface area contributed by atoms with Gasteiger partial charge in [-0.1, -0.05) is 48.0 Å². The third-order valence-electron chi connectivity index (χ3n) is 6.62. The normalized spacial score (nSPS) is 12.9. The summed E-state index contributed by atoms with van der Waals surface area (Å²) in [6.07, 6.45) is 4.09. The molecule has 0 saturated carbocycles. The molecule has 12 heteroatoms. The van der Waals surface area contributed by atoms with Crippen molar-refractivity contribution in [3.63, 3.8) is 0 Å². The van der Waals surface area contributed by atoms with Crippen LogP contribution >= 0.6 is 11.6 Å². The van der Waals surface area contributed by atoms with Crippen LogP contribution in [0.15, 0.2) is 84.1 Å². The van der Waals surface area contributed by atoms with Crippen molar-refractivity contribution in [3.8, 4) is 5.69 Å². The van der Waals surface area contributed by atoms with Crippen molar-refractivity contribution in [3.05, 3.63) is 106 Å². The Labute approximate surface area is 246 Å². The van der Waals surface area contributed by atoms with E-state index in [9.17, 15) is 14.4 Å². The highest BCUT2D eigenvalue weighted by Gasteiger charge is 2.25. The molecule has 2 amide bonds. The fraction of sp³-hybridized carbons (Fsp3) is 0.167. The van der Waals surface area contributed by atoms with E-state index in [1.807, 2.05) is 36.4 Å². The number of aromatic nitrogens is 4. The first-order valence-electron chi connectivity index (χ1n) is 13.0. The first-order chi connectivity index (χ1) is 20.4. The molecule has 1 aliphatic heterocycles. The number of hydrogen-bond acceptors (Lipinski definition) is 8. The van der Waals surface area contributed by atoms with Gasteiger partial charge < -0.3 is 10.1 Å². The van der Waals surface area contributed by atoms with Crippen molar-refractivity contribution >= 4 is 46.9 Å². The van der Waals surface area contributed by atoms with Crippen LogP contribution in [0.1, 0.15) is 28.7 Å².